The van der Waals surface area contributed by atoms with E-state index in [2.05, 4.69) is 39.8 Å². The molecule has 0 spiro atoms. The standard InChI is InChI=1S/C19H27N3O2/c23-14-16-6-7-18(12-16)21-19(24)20-17-8-10-22(11-9-17)13-15-4-2-1-3-5-15/h1-7,16-18,23H,8-14H2,(H2,20,21,24)/t16-,18+/m0/s1. The van der Waals surface area contributed by atoms with E-state index in [1.807, 2.05) is 18.2 Å². The summed E-state index contributed by atoms with van der Waals surface area (Å²) in [6, 6.07) is 10.7. The van der Waals surface area contributed by atoms with Crippen molar-refractivity contribution in [2.75, 3.05) is 19.7 Å². The maximum Gasteiger partial charge on any atom is 0.315 e. The van der Waals surface area contributed by atoms with Gasteiger partial charge >= 0.3 is 6.03 Å². The molecule has 0 bridgehead atoms. The molecule has 0 radical (unpaired) electrons. The summed E-state index contributed by atoms with van der Waals surface area (Å²) in [5, 5.41) is 15.2. The third-order valence-electron chi connectivity index (χ3n) is 4.90. The van der Waals surface area contributed by atoms with Gasteiger partial charge in [0.15, 0.2) is 0 Å². The molecule has 0 saturated carbocycles. The molecule has 2 amide bonds. The highest BCUT2D eigenvalue weighted by Gasteiger charge is 2.23. The zero-order chi connectivity index (χ0) is 16.8. The topological polar surface area (TPSA) is 64.6 Å². The van der Waals surface area contributed by atoms with Gasteiger partial charge in [-0.25, -0.2) is 4.79 Å². The molecule has 1 aromatic rings. The molecule has 0 unspecified atom stereocenters. The normalized spacial score (nSPS) is 24.9. The van der Waals surface area contributed by atoms with Gasteiger partial charge in [0.1, 0.15) is 0 Å². The fourth-order valence-electron chi connectivity index (χ4n) is 3.49. The lowest BCUT2D eigenvalue weighted by Gasteiger charge is -2.32. The highest BCUT2D eigenvalue weighted by Crippen LogP contribution is 2.17. The van der Waals surface area contributed by atoms with Crippen LogP contribution in [0.15, 0.2) is 42.5 Å². The van der Waals surface area contributed by atoms with Crippen LogP contribution < -0.4 is 10.6 Å². The molecule has 1 aromatic carbocycles. The fourth-order valence-corrected chi connectivity index (χ4v) is 3.49. The number of carbonyl (C=O) groups is 1. The lowest BCUT2D eigenvalue weighted by Crippen LogP contribution is -2.49. The Kier molecular flexibility index (Phi) is 5.88. The number of aliphatic hydroxyl groups is 1. The molecule has 2 aliphatic rings. The van der Waals surface area contributed by atoms with Gasteiger partial charge in [0, 0.05) is 44.2 Å². The third-order valence-corrected chi connectivity index (χ3v) is 4.90. The van der Waals surface area contributed by atoms with E-state index < -0.39 is 0 Å². The zero-order valence-corrected chi connectivity index (χ0v) is 14.0. The van der Waals surface area contributed by atoms with Gasteiger partial charge in [0.25, 0.3) is 0 Å². The van der Waals surface area contributed by atoms with Crippen molar-refractivity contribution in [1.29, 1.82) is 0 Å². The maximum absolute atomic E-state index is 12.1. The second-order valence-corrected chi connectivity index (χ2v) is 6.82. The Morgan fingerprint density at radius 3 is 2.54 bits per heavy atom. The quantitative estimate of drug-likeness (QED) is 0.723. The van der Waals surface area contributed by atoms with Crippen molar-refractivity contribution >= 4 is 6.03 Å². The molecule has 1 aliphatic carbocycles. The lowest BCUT2D eigenvalue weighted by atomic mass is 10.0. The first-order chi connectivity index (χ1) is 11.7. The van der Waals surface area contributed by atoms with Gasteiger partial charge in [-0.3, -0.25) is 4.90 Å². The summed E-state index contributed by atoms with van der Waals surface area (Å²) in [6.07, 6.45) is 6.72. The minimum Gasteiger partial charge on any atom is -0.396 e. The molecular weight excluding hydrogens is 302 g/mol. The first kappa shape index (κ1) is 17.0. The average molecular weight is 329 g/mol. The predicted octanol–water partition coefficient (Wildman–Crippen LogP) is 1.89. The predicted molar refractivity (Wildman–Crippen MR) is 94.5 cm³/mol. The minimum absolute atomic E-state index is 0.0420. The Bertz CT molecular complexity index is 553. The molecule has 3 N–H and O–H groups in total. The number of hydrogen-bond donors (Lipinski definition) is 3. The van der Waals surface area contributed by atoms with E-state index in [1.165, 1.54) is 5.56 Å². The number of nitrogens with zero attached hydrogens (tertiary/aromatic N) is 1. The smallest absolute Gasteiger partial charge is 0.315 e. The minimum atomic E-state index is -0.0928. The van der Waals surface area contributed by atoms with E-state index in [9.17, 15) is 4.79 Å². The molecule has 1 heterocycles. The highest BCUT2D eigenvalue weighted by atomic mass is 16.3. The number of likely N-dealkylation sites (tertiary alicyclic amines) is 1. The Morgan fingerprint density at radius 1 is 1.12 bits per heavy atom. The number of aliphatic hydroxyl groups excluding tert-OH is 1. The number of urea groups is 1. The van der Waals surface area contributed by atoms with Crippen LogP contribution in [0.4, 0.5) is 4.79 Å². The Morgan fingerprint density at radius 2 is 1.88 bits per heavy atom. The van der Waals surface area contributed by atoms with Crippen LogP contribution >= 0.6 is 0 Å². The lowest BCUT2D eigenvalue weighted by molar-refractivity contribution is 0.185. The van der Waals surface area contributed by atoms with Crippen molar-refractivity contribution in [1.82, 2.24) is 15.5 Å². The van der Waals surface area contributed by atoms with E-state index in [1.54, 1.807) is 0 Å². The molecule has 2 atom stereocenters. The number of nitrogens with one attached hydrogen (secondary N) is 2. The first-order valence-corrected chi connectivity index (χ1v) is 8.85. The van der Waals surface area contributed by atoms with Crippen molar-refractivity contribution < 1.29 is 9.90 Å². The van der Waals surface area contributed by atoms with Gasteiger partial charge < -0.3 is 15.7 Å². The van der Waals surface area contributed by atoms with Crippen LogP contribution in [0, 0.1) is 5.92 Å². The zero-order valence-electron chi connectivity index (χ0n) is 14.0. The summed E-state index contributed by atoms with van der Waals surface area (Å²) in [6.45, 7) is 3.15. The summed E-state index contributed by atoms with van der Waals surface area (Å²) in [5.41, 5.74) is 1.34. The number of rotatable bonds is 5. The number of benzene rings is 1. The van der Waals surface area contributed by atoms with Crippen molar-refractivity contribution in [3.63, 3.8) is 0 Å². The number of carbonyl (C=O) groups excluding carboxylic acids is 1. The van der Waals surface area contributed by atoms with Crippen LogP contribution in [-0.4, -0.2) is 47.8 Å². The van der Waals surface area contributed by atoms with Crippen LogP contribution in [0.3, 0.4) is 0 Å². The van der Waals surface area contributed by atoms with E-state index in [-0.39, 0.29) is 30.6 Å². The molecule has 24 heavy (non-hydrogen) atoms. The molecule has 5 nitrogen and oxygen atoms in total. The van der Waals surface area contributed by atoms with Crippen molar-refractivity contribution in [3.05, 3.63) is 48.0 Å². The Labute approximate surface area is 143 Å². The largest absolute Gasteiger partial charge is 0.396 e. The van der Waals surface area contributed by atoms with Crippen molar-refractivity contribution in [3.8, 4) is 0 Å². The second-order valence-electron chi connectivity index (χ2n) is 6.82. The van der Waals surface area contributed by atoms with E-state index in [0.717, 1.165) is 38.9 Å². The van der Waals surface area contributed by atoms with Crippen molar-refractivity contribution in [2.24, 2.45) is 5.92 Å². The van der Waals surface area contributed by atoms with Crippen LogP contribution in [0.2, 0.25) is 0 Å². The Hall–Kier alpha value is -1.85. The Balaban J connectivity index is 1.36. The van der Waals surface area contributed by atoms with Gasteiger partial charge in [0.2, 0.25) is 0 Å². The number of amides is 2. The summed E-state index contributed by atoms with van der Waals surface area (Å²) >= 11 is 0. The summed E-state index contributed by atoms with van der Waals surface area (Å²) < 4.78 is 0. The maximum atomic E-state index is 12.1. The molecule has 1 fully saturated rings. The van der Waals surface area contributed by atoms with Gasteiger partial charge in [0.05, 0.1) is 0 Å². The molecule has 130 valence electrons. The van der Waals surface area contributed by atoms with Crippen LogP contribution in [0.1, 0.15) is 24.8 Å². The molecule has 1 aliphatic heterocycles. The summed E-state index contributed by atoms with van der Waals surface area (Å²) in [7, 11) is 0. The molecule has 0 aromatic heterocycles. The molecular formula is C19H27N3O2. The van der Waals surface area contributed by atoms with E-state index >= 15 is 0 Å². The monoisotopic (exact) mass is 329 g/mol. The first-order valence-electron chi connectivity index (χ1n) is 8.85. The average Bonchev–Trinajstić information content (AvgIpc) is 3.05. The van der Waals surface area contributed by atoms with E-state index in [4.69, 9.17) is 5.11 Å². The summed E-state index contributed by atoms with van der Waals surface area (Å²) in [4.78, 5) is 14.5. The number of piperidine rings is 1. The van der Waals surface area contributed by atoms with Gasteiger partial charge in [-0.2, -0.15) is 0 Å². The SMILES string of the molecule is O=C(NC1CCN(Cc2ccccc2)CC1)N[C@@H]1C=C[C@H](CO)C1. The van der Waals surface area contributed by atoms with Crippen molar-refractivity contribution in [2.45, 2.75) is 37.9 Å². The molecule has 1 saturated heterocycles. The number of hydrogen-bond acceptors (Lipinski definition) is 3. The molecule has 5 heteroatoms. The van der Waals surface area contributed by atoms with Gasteiger partial charge in [-0.15, -0.1) is 0 Å². The van der Waals surface area contributed by atoms with Crippen LogP contribution in [0.5, 0.6) is 0 Å². The van der Waals surface area contributed by atoms with Crippen LogP contribution in [-0.2, 0) is 6.54 Å². The highest BCUT2D eigenvalue weighted by molar-refractivity contribution is 5.74. The summed E-state index contributed by atoms with van der Waals surface area (Å²) in [5.74, 6) is 0.177. The van der Waals surface area contributed by atoms with Crippen LogP contribution in [0.25, 0.3) is 0 Å². The van der Waals surface area contributed by atoms with E-state index in [0.29, 0.717) is 0 Å². The molecule has 3 rings (SSSR count). The fraction of sp³-hybridized carbons (Fsp3) is 0.526. The van der Waals surface area contributed by atoms with Gasteiger partial charge in [-0.05, 0) is 24.8 Å². The second kappa shape index (κ2) is 8.31. The third kappa shape index (κ3) is 4.82. The van der Waals surface area contributed by atoms with Gasteiger partial charge in [-0.1, -0.05) is 42.5 Å².